The Hall–Kier alpha value is -2.42. The Morgan fingerprint density at radius 1 is 1.30 bits per heavy atom. The molecule has 0 bridgehead atoms. The number of carbonyl (C=O) groups excluding carboxylic acids is 4. The smallest absolute Gasteiger partial charge is 0.412 e. The van der Waals surface area contributed by atoms with Crippen molar-refractivity contribution in [2.75, 3.05) is 5.32 Å². The fourth-order valence-electron chi connectivity index (χ4n) is 3.15. The Bertz CT molecular complexity index is 846. The maximum atomic E-state index is 12.8. The number of fused-ring (bicyclic) bond motifs is 1. The van der Waals surface area contributed by atoms with Crippen molar-refractivity contribution in [3.05, 3.63) is 27.7 Å². The third kappa shape index (κ3) is 4.13. The van der Waals surface area contributed by atoms with Crippen molar-refractivity contribution in [3.8, 4) is 0 Å². The summed E-state index contributed by atoms with van der Waals surface area (Å²) in [5.74, 6) is -1.13. The van der Waals surface area contributed by atoms with Crippen molar-refractivity contribution in [1.29, 1.82) is 0 Å². The summed E-state index contributed by atoms with van der Waals surface area (Å²) >= 11 is 3.34. The van der Waals surface area contributed by atoms with Crippen LogP contribution in [0.4, 0.5) is 10.5 Å². The van der Waals surface area contributed by atoms with Crippen LogP contribution in [0.1, 0.15) is 49.5 Å². The van der Waals surface area contributed by atoms with Crippen LogP contribution in [0, 0.1) is 0 Å². The molecule has 1 atom stereocenters. The van der Waals surface area contributed by atoms with Crippen LogP contribution in [-0.4, -0.2) is 40.4 Å². The van der Waals surface area contributed by atoms with Crippen LogP contribution in [0.3, 0.4) is 0 Å². The van der Waals surface area contributed by atoms with Gasteiger partial charge in [-0.2, -0.15) is 0 Å². The number of nitrogens with one attached hydrogen (secondary N) is 2. The van der Waals surface area contributed by atoms with E-state index in [0.29, 0.717) is 21.3 Å². The van der Waals surface area contributed by atoms with Crippen LogP contribution in [0.2, 0.25) is 0 Å². The van der Waals surface area contributed by atoms with Gasteiger partial charge in [-0.25, -0.2) is 4.79 Å². The average molecular weight is 438 g/mol. The lowest BCUT2D eigenvalue weighted by molar-refractivity contribution is -0.136. The molecule has 2 N–H and O–H groups in total. The topological polar surface area (TPSA) is 105 Å². The van der Waals surface area contributed by atoms with Gasteiger partial charge < -0.3 is 9.64 Å². The van der Waals surface area contributed by atoms with Gasteiger partial charge in [0.25, 0.3) is 5.91 Å². The van der Waals surface area contributed by atoms with E-state index in [1.54, 1.807) is 32.9 Å². The molecule has 1 fully saturated rings. The Morgan fingerprint density at radius 2 is 2.00 bits per heavy atom. The maximum Gasteiger partial charge on any atom is 0.412 e. The summed E-state index contributed by atoms with van der Waals surface area (Å²) in [6, 6.07) is 2.63. The molecule has 8 nitrogen and oxygen atoms in total. The van der Waals surface area contributed by atoms with Gasteiger partial charge in [-0.15, -0.1) is 0 Å². The van der Waals surface area contributed by atoms with E-state index < -0.39 is 23.6 Å². The van der Waals surface area contributed by atoms with Gasteiger partial charge in [0.05, 0.1) is 5.69 Å². The quantitative estimate of drug-likeness (QED) is 0.691. The second kappa shape index (κ2) is 6.95. The number of amides is 4. The second-order valence-corrected chi connectivity index (χ2v) is 8.42. The van der Waals surface area contributed by atoms with Gasteiger partial charge in [-0.1, -0.05) is 15.9 Å². The van der Waals surface area contributed by atoms with Crippen LogP contribution in [0.25, 0.3) is 0 Å². The second-order valence-electron chi connectivity index (χ2n) is 7.51. The fraction of sp³-hybridized carbons (Fsp3) is 0.444. The molecule has 3 rings (SSSR count). The molecule has 2 aliphatic rings. The van der Waals surface area contributed by atoms with E-state index in [9.17, 15) is 19.2 Å². The molecule has 144 valence electrons. The number of carbonyl (C=O) groups is 4. The number of hydrogen-bond donors (Lipinski definition) is 2. The zero-order valence-electron chi connectivity index (χ0n) is 15.2. The number of hydrogen-bond acceptors (Lipinski definition) is 5. The van der Waals surface area contributed by atoms with Crippen LogP contribution < -0.4 is 10.6 Å². The van der Waals surface area contributed by atoms with Gasteiger partial charge >= 0.3 is 6.09 Å². The molecule has 0 saturated carbocycles. The summed E-state index contributed by atoms with van der Waals surface area (Å²) in [7, 11) is 0. The molecule has 2 aliphatic heterocycles. The number of nitrogens with zero attached hydrogens (tertiary/aromatic N) is 1. The molecule has 1 aromatic rings. The number of benzene rings is 1. The van der Waals surface area contributed by atoms with Crippen molar-refractivity contribution in [3.63, 3.8) is 0 Å². The Balaban J connectivity index is 1.86. The summed E-state index contributed by atoms with van der Waals surface area (Å²) in [4.78, 5) is 49.9. The number of halogens is 1. The zero-order chi connectivity index (χ0) is 19.9. The molecule has 1 aromatic carbocycles. The van der Waals surface area contributed by atoms with Crippen molar-refractivity contribution in [2.24, 2.45) is 0 Å². The lowest BCUT2D eigenvalue weighted by atomic mass is 10.0. The maximum absolute atomic E-state index is 12.8. The fourth-order valence-corrected chi connectivity index (χ4v) is 3.61. The molecule has 9 heteroatoms. The van der Waals surface area contributed by atoms with Gasteiger partial charge in [0.2, 0.25) is 11.8 Å². The van der Waals surface area contributed by atoms with Gasteiger partial charge in [-0.3, -0.25) is 25.0 Å². The number of piperidine rings is 1. The first kappa shape index (κ1) is 19.3. The van der Waals surface area contributed by atoms with Crippen LogP contribution in [-0.2, 0) is 20.9 Å². The van der Waals surface area contributed by atoms with E-state index >= 15 is 0 Å². The monoisotopic (exact) mass is 437 g/mol. The number of imide groups is 1. The molecule has 0 spiro atoms. The highest BCUT2D eigenvalue weighted by Gasteiger charge is 2.40. The SMILES string of the molecule is CC(C)(C)OC(=O)Nc1cc(Br)cc2c1CN(C1CCC(=O)NC1=O)C2=O. The van der Waals surface area contributed by atoms with Gasteiger partial charge in [0.1, 0.15) is 11.6 Å². The first-order chi connectivity index (χ1) is 12.5. The van der Waals surface area contributed by atoms with E-state index in [4.69, 9.17) is 4.74 Å². The van der Waals surface area contributed by atoms with Crippen molar-refractivity contribution in [2.45, 2.75) is 51.8 Å². The molecule has 4 amide bonds. The van der Waals surface area contributed by atoms with Gasteiger partial charge in [0.15, 0.2) is 0 Å². The van der Waals surface area contributed by atoms with E-state index in [2.05, 4.69) is 26.6 Å². The molecule has 1 unspecified atom stereocenters. The lowest BCUT2D eigenvalue weighted by Crippen LogP contribution is -2.52. The van der Waals surface area contributed by atoms with E-state index in [0.717, 1.165) is 0 Å². The third-order valence-electron chi connectivity index (χ3n) is 4.26. The van der Waals surface area contributed by atoms with Gasteiger partial charge in [0, 0.05) is 28.6 Å². The summed E-state index contributed by atoms with van der Waals surface area (Å²) in [6.45, 7) is 5.43. The normalized spacial score (nSPS) is 19.6. The van der Waals surface area contributed by atoms with Crippen LogP contribution in [0.5, 0.6) is 0 Å². The Labute approximate surface area is 164 Å². The molecule has 0 aliphatic carbocycles. The minimum Gasteiger partial charge on any atom is -0.444 e. The highest BCUT2D eigenvalue weighted by atomic mass is 79.9. The summed E-state index contributed by atoms with van der Waals surface area (Å²) < 4.78 is 5.89. The molecule has 0 radical (unpaired) electrons. The van der Waals surface area contributed by atoms with Gasteiger partial charge in [-0.05, 0) is 39.3 Å². The van der Waals surface area contributed by atoms with Crippen molar-refractivity contribution in [1.82, 2.24) is 10.2 Å². The molecule has 2 heterocycles. The predicted molar refractivity (Wildman–Crippen MR) is 100 cm³/mol. The molecular weight excluding hydrogens is 418 g/mol. The summed E-state index contributed by atoms with van der Waals surface area (Å²) in [5.41, 5.74) is 0.795. The minimum atomic E-state index is -0.712. The first-order valence-corrected chi connectivity index (χ1v) is 9.31. The molecule has 27 heavy (non-hydrogen) atoms. The molecule has 1 saturated heterocycles. The van der Waals surface area contributed by atoms with Crippen LogP contribution in [0.15, 0.2) is 16.6 Å². The van der Waals surface area contributed by atoms with E-state index in [-0.39, 0.29) is 31.2 Å². The summed E-state index contributed by atoms with van der Waals surface area (Å²) in [6.07, 6.45) is -0.168. The van der Waals surface area contributed by atoms with Crippen molar-refractivity contribution >= 4 is 45.4 Å². The Kier molecular flexibility index (Phi) is 4.98. The zero-order valence-corrected chi connectivity index (χ0v) is 16.8. The minimum absolute atomic E-state index is 0.166. The molecular formula is C18H20BrN3O5. The number of anilines is 1. The van der Waals surface area contributed by atoms with E-state index in [1.165, 1.54) is 4.90 Å². The standard InChI is InChI=1S/C18H20BrN3O5/c1-18(2,3)27-17(26)20-12-7-9(19)6-10-11(12)8-22(16(10)25)13-4-5-14(23)21-15(13)24/h6-7,13H,4-5,8H2,1-3H3,(H,20,26)(H,21,23,24). The first-order valence-electron chi connectivity index (χ1n) is 8.52. The highest BCUT2D eigenvalue weighted by molar-refractivity contribution is 9.10. The number of rotatable bonds is 2. The Morgan fingerprint density at radius 3 is 2.63 bits per heavy atom. The van der Waals surface area contributed by atoms with Crippen molar-refractivity contribution < 1.29 is 23.9 Å². The average Bonchev–Trinajstić information content (AvgIpc) is 2.83. The van der Waals surface area contributed by atoms with E-state index in [1.807, 2.05) is 0 Å². The lowest BCUT2D eigenvalue weighted by Gasteiger charge is -2.29. The predicted octanol–water partition coefficient (Wildman–Crippen LogP) is 2.56. The molecule has 0 aromatic heterocycles. The number of ether oxygens (including phenoxy) is 1. The van der Waals surface area contributed by atoms with Crippen LogP contribution >= 0.6 is 15.9 Å². The largest absolute Gasteiger partial charge is 0.444 e. The third-order valence-corrected chi connectivity index (χ3v) is 4.71. The highest BCUT2D eigenvalue weighted by Crippen LogP contribution is 2.35. The summed E-state index contributed by atoms with van der Waals surface area (Å²) in [5, 5.41) is 4.94.